The molecule has 118 valence electrons. The zero-order valence-electron chi connectivity index (χ0n) is 11.6. The van der Waals surface area contributed by atoms with Crippen molar-refractivity contribution in [2.75, 3.05) is 24.2 Å². The van der Waals surface area contributed by atoms with Gasteiger partial charge in [-0.3, -0.25) is 0 Å². The van der Waals surface area contributed by atoms with E-state index in [-0.39, 0.29) is 15.9 Å². The van der Waals surface area contributed by atoms with Crippen LogP contribution in [0.2, 0.25) is 10.0 Å². The summed E-state index contributed by atoms with van der Waals surface area (Å²) >= 11 is 11.9. The van der Waals surface area contributed by atoms with E-state index in [2.05, 4.69) is 9.97 Å². The van der Waals surface area contributed by atoms with Gasteiger partial charge in [0.2, 0.25) is 0 Å². The molecule has 22 heavy (non-hydrogen) atoms. The Morgan fingerprint density at radius 2 is 1.82 bits per heavy atom. The van der Waals surface area contributed by atoms with Gasteiger partial charge < -0.3 is 10.0 Å². The van der Waals surface area contributed by atoms with Crippen molar-refractivity contribution in [3.8, 4) is 0 Å². The second-order valence-corrected chi connectivity index (χ2v) is 8.01. The molecule has 2 aromatic rings. The Morgan fingerprint density at radius 3 is 2.32 bits per heavy atom. The number of anilines is 1. The molecule has 1 atom stereocenters. The van der Waals surface area contributed by atoms with Gasteiger partial charge in [0.05, 0.1) is 27.2 Å². The number of benzene rings is 1. The minimum atomic E-state index is -3.58. The van der Waals surface area contributed by atoms with E-state index in [0.717, 1.165) is 6.26 Å². The molecular formula is C13H13Cl2N3O3S. The molecule has 1 N–H and O–H groups in total. The lowest BCUT2D eigenvalue weighted by Gasteiger charge is -2.19. The Morgan fingerprint density at radius 1 is 1.23 bits per heavy atom. The monoisotopic (exact) mass is 361 g/mol. The summed E-state index contributed by atoms with van der Waals surface area (Å²) in [6.07, 6.45) is 1.14. The van der Waals surface area contributed by atoms with Crippen molar-refractivity contribution in [3.05, 3.63) is 22.2 Å². The molecule has 0 aliphatic carbocycles. The van der Waals surface area contributed by atoms with Crippen LogP contribution in [0.1, 0.15) is 6.42 Å². The first-order valence-corrected chi connectivity index (χ1v) is 9.20. The van der Waals surface area contributed by atoms with E-state index in [1.165, 1.54) is 6.07 Å². The summed E-state index contributed by atoms with van der Waals surface area (Å²) < 4.78 is 24.1. The normalized spacial score (nSPS) is 19.1. The lowest BCUT2D eigenvalue weighted by Crippen LogP contribution is -2.25. The van der Waals surface area contributed by atoms with Gasteiger partial charge in [-0.1, -0.05) is 23.2 Å². The molecule has 1 aliphatic heterocycles. The first-order valence-electron chi connectivity index (χ1n) is 6.55. The van der Waals surface area contributed by atoms with Crippen LogP contribution in [0.4, 0.5) is 5.82 Å². The highest BCUT2D eigenvalue weighted by molar-refractivity contribution is 7.90. The fourth-order valence-electron chi connectivity index (χ4n) is 2.42. The van der Waals surface area contributed by atoms with Gasteiger partial charge >= 0.3 is 0 Å². The number of nitrogens with zero attached hydrogens (tertiary/aromatic N) is 3. The topological polar surface area (TPSA) is 83.4 Å². The quantitative estimate of drug-likeness (QED) is 0.879. The fraction of sp³-hybridized carbons (Fsp3) is 0.385. The van der Waals surface area contributed by atoms with Crippen LogP contribution in [0, 0.1) is 0 Å². The van der Waals surface area contributed by atoms with Crippen molar-refractivity contribution < 1.29 is 13.5 Å². The minimum absolute atomic E-state index is 0.118. The number of hydrogen-bond acceptors (Lipinski definition) is 6. The highest BCUT2D eigenvalue weighted by Gasteiger charge is 2.28. The maximum Gasteiger partial charge on any atom is 0.198 e. The van der Waals surface area contributed by atoms with Crippen LogP contribution in [0.5, 0.6) is 0 Å². The van der Waals surface area contributed by atoms with Crippen molar-refractivity contribution in [2.45, 2.75) is 17.6 Å². The summed E-state index contributed by atoms with van der Waals surface area (Å²) in [6.45, 7) is 0.842. The third-order valence-corrected chi connectivity index (χ3v) is 5.17. The molecule has 9 heteroatoms. The smallest absolute Gasteiger partial charge is 0.198 e. The van der Waals surface area contributed by atoms with Crippen LogP contribution in [0.25, 0.3) is 11.0 Å². The predicted octanol–water partition coefficient (Wildman–Crippen LogP) is 1.91. The number of aliphatic hydroxyl groups is 1. The van der Waals surface area contributed by atoms with E-state index in [0.29, 0.717) is 35.6 Å². The molecule has 0 radical (unpaired) electrons. The maximum atomic E-state index is 12.0. The molecule has 2 heterocycles. The Kier molecular flexibility index (Phi) is 3.92. The number of β-amino-alcohol motifs (C(OH)–C–C–N with tert-alkyl or cyclic N) is 1. The zero-order valence-corrected chi connectivity index (χ0v) is 14.0. The molecule has 1 aliphatic rings. The van der Waals surface area contributed by atoms with E-state index < -0.39 is 15.9 Å². The predicted molar refractivity (Wildman–Crippen MR) is 85.5 cm³/mol. The van der Waals surface area contributed by atoms with E-state index in [9.17, 15) is 13.5 Å². The highest BCUT2D eigenvalue weighted by Crippen LogP contribution is 2.31. The summed E-state index contributed by atoms with van der Waals surface area (Å²) in [5.41, 5.74) is 0.816. The second kappa shape index (κ2) is 5.49. The summed E-state index contributed by atoms with van der Waals surface area (Å²) in [4.78, 5) is 10.3. The molecule has 1 aromatic carbocycles. The third kappa shape index (κ3) is 2.86. The molecule has 1 unspecified atom stereocenters. The molecule has 6 nitrogen and oxygen atoms in total. The number of aliphatic hydroxyl groups excluding tert-OH is 1. The van der Waals surface area contributed by atoms with E-state index in [1.807, 2.05) is 0 Å². The van der Waals surface area contributed by atoms with Crippen LogP contribution in [0.15, 0.2) is 17.2 Å². The molecule has 0 amide bonds. The van der Waals surface area contributed by atoms with Crippen molar-refractivity contribution in [3.63, 3.8) is 0 Å². The number of sulfone groups is 1. The molecule has 1 fully saturated rings. The van der Waals surface area contributed by atoms with E-state index in [1.54, 1.807) is 11.0 Å². The second-order valence-electron chi connectivity index (χ2n) is 5.27. The lowest BCUT2D eigenvalue weighted by molar-refractivity contribution is 0.198. The summed E-state index contributed by atoms with van der Waals surface area (Å²) in [6, 6.07) is 3.04. The Balaban J connectivity index is 2.26. The lowest BCUT2D eigenvalue weighted by atomic mass is 10.3. The number of aromatic nitrogens is 2. The van der Waals surface area contributed by atoms with E-state index >= 15 is 0 Å². The zero-order chi connectivity index (χ0) is 16.1. The molecule has 1 saturated heterocycles. The van der Waals surface area contributed by atoms with Gasteiger partial charge in [0.25, 0.3) is 0 Å². The van der Waals surface area contributed by atoms with Crippen LogP contribution in [-0.2, 0) is 9.84 Å². The molecular weight excluding hydrogens is 349 g/mol. The Hall–Kier alpha value is -1.15. The van der Waals surface area contributed by atoms with Gasteiger partial charge in [0.1, 0.15) is 0 Å². The van der Waals surface area contributed by atoms with Crippen LogP contribution < -0.4 is 4.90 Å². The molecule has 0 bridgehead atoms. The van der Waals surface area contributed by atoms with Crippen molar-refractivity contribution >= 4 is 49.9 Å². The molecule has 1 aromatic heterocycles. The summed E-state index contributed by atoms with van der Waals surface area (Å²) in [5, 5.41) is 10.2. The van der Waals surface area contributed by atoms with Gasteiger partial charge in [-0.2, -0.15) is 0 Å². The summed E-state index contributed by atoms with van der Waals surface area (Å²) in [5.74, 6) is 0.241. The van der Waals surface area contributed by atoms with Gasteiger partial charge in [-0.05, 0) is 18.6 Å². The summed E-state index contributed by atoms with van der Waals surface area (Å²) in [7, 11) is -3.58. The van der Waals surface area contributed by atoms with Crippen molar-refractivity contribution in [2.24, 2.45) is 0 Å². The van der Waals surface area contributed by atoms with Gasteiger partial charge in [-0.15, -0.1) is 0 Å². The van der Waals surface area contributed by atoms with Crippen molar-refractivity contribution in [1.29, 1.82) is 0 Å². The largest absolute Gasteiger partial charge is 0.391 e. The van der Waals surface area contributed by atoms with E-state index in [4.69, 9.17) is 23.2 Å². The van der Waals surface area contributed by atoms with Crippen LogP contribution in [-0.4, -0.2) is 48.9 Å². The number of fused-ring (bicyclic) bond motifs is 1. The average molecular weight is 362 g/mol. The SMILES string of the molecule is CS(=O)(=O)c1nc2cc(Cl)c(Cl)cc2nc1N1CCC(O)C1. The van der Waals surface area contributed by atoms with Gasteiger partial charge in [-0.25, -0.2) is 18.4 Å². The van der Waals surface area contributed by atoms with Gasteiger partial charge in [0.15, 0.2) is 20.7 Å². The first kappa shape index (κ1) is 15.7. The Labute approximate surface area is 137 Å². The molecule has 3 rings (SSSR count). The third-order valence-electron chi connectivity index (χ3n) is 3.47. The maximum absolute atomic E-state index is 12.0. The number of hydrogen-bond donors (Lipinski definition) is 1. The number of rotatable bonds is 2. The fourth-order valence-corrected chi connectivity index (χ4v) is 3.50. The first-order chi connectivity index (χ1) is 10.3. The molecule has 0 saturated carbocycles. The number of halogens is 2. The average Bonchev–Trinajstić information content (AvgIpc) is 2.84. The van der Waals surface area contributed by atoms with Crippen molar-refractivity contribution in [1.82, 2.24) is 9.97 Å². The van der Waals surface area contributed by atoms with Crippen LogP contribution in [0.3, 0.4) is 0 Å². The van der Waals surface area contributed by atoms with Crippen LogP contribution >= 0.6 is 23.2 Å². The van der Waals surface area contributed by atoms with Gasteiger partial charge in [0, 0.05) is 19.3 Å². The standard InChI is InChI=1S/C13H13Cl2N3O3S/c1-22(20,21)13-12(18-3-2-7(19)6-18)16-10-4-8(14)9(15)5-11(10)17-13/h4-5,7,19H,2-3,6H2,1H3. The molecule has 0 spiro atoms. The Bertz CT molecular complexity index is 857. The minimum Gasteiger partial charge on any atom is -0.391 e. The highest BCUT2D eigenvalue weighted by atomic mass is 35.5.